The Bertz CT molecular complexity index is 741. The number of nitriles is 1. The molecule has 1 heterocycles. The normalized spacial score (nSPS) is 22.9. The van der Waals surface area contributed by atoms with Crippen LogP contribution in [-0.4, -0.2) is 35.9 Å². The molecule has 6 nitrogen and oxygen atoms in total. The zero-order valence-electron chi connectivity index (χ0n) is 11.2. The highest BCUT2D eigenvalue weighted by molar-refractivity contribution is 7.89. The second-order valence-corrected chi connectivity index (χ2v) is 7.28. The van der Waals surface area contributed by atoms with Gasteiger partial charge in [-0.3, -0.25) is 4.79 Å². The van der Waals surface area contributed by atoms with Crippen molar-refractivity contribution in [1.29, 1.82) is 5.26 Å². The first-order valence-corrected chi connectivity index (χ1v) is 8.01. The molecule has 1 N–H and O–H groups in total. The number of nitrogens with zero attached hydrogens (tertiary/aromatic N) is 2. The van der Waals surface area contributed by atoms with E-state index in [1.54, 1.807) is 0 Å². The van der Waals surface area contributed by atoms with E-state index < -0.39 is 21.5 Å². The molecule has 0 aromatic heterocycles. The summed E-state index contributed by atoms with van der Waals surface area (Å²) in [5.74, 6) is -1.18. The number of benzene rings is 1. The summed E-state index contributed by atoms with van der Waals surface area (Å²) in [5.41, 5.74) is -1.29. The number of hydrogen-bond donors (Lipinski definition) is 1. The predicted molar refractivity (Wildman–Crippen MR) is 75.3 cm³/mol. The molecule has 0 amide bonds. The number of sulfonamides is 1. The number of rotatable bonds is 3. The van der Waals surface area contributed by atoms with Gasteiger partial charge in [-0.05, 0) is 38.0 Å². The van der Waals surface area contributed by atoms with Crippen LogP contribution in [0, 0.1) is 11.3 Å². The van der Waals surface area contributed by atoms with Gasteiger partial charge >= 0.3 is 5.97 Å². The molecule has 1 aromatic rings. The fourth-order valence-corrected chi connectivity index (χ4v) is 4.53. The van der Waals surface area contributed by atoms with Gasteiger partial charge in [0.05, 0.1) is 15.5 Å². The molecule has 0 bridgehead atoms. The third kappa shape index (κ3) is 2.50. The van der Waals surface area contributed by atoms with Crippen LogP contribution in [0.15, 0.2) is 23.1 Å². The molecule has 1 aliphatic heterocycles. The van der Waals surface area contributed by atoms with Gasteiger partial charge in [0.2, 0.25) is 10.0 Å². The van der Waals surface area contributed by atoms with Gasteiger partial charge in [0, 0.05) is 6.54 Å². The Kier molecular flexibility index (Phi) is 3.97. The molecule has 1 unspecified atom stereocenters. The average Bonchev–Trinajstić information content (AvgIpc) is 2.83. The van der Waals surface area contributed by atoms with Gasteiger partial charge in [0.15, 0.2) is 0 Å². The zero-order chi connectivity index (χ0) is 15.8. The zero-order valence-corrected chi connectivity index (χ0v) is 12.8. The van der Waals surface area contributed by atoms with E-state index in [0.717, 1.165) is 4.31 Å². The van der Waals surface area contributed by atoms with Crippen LogP contribution in [0.1, 0.15) is 25.3 Å². The Labute approximate surface area is 127 Å². The van der Waals surface area contributed by atoms with Crippen molar-refractivity contribution >= 4 is 27.6 Å². The Balaban J connectivity index is 2.50. The molecule has 0 spiro atoms. The van der Waals surface area contributed by atoms with Gasteiger partial charge < -0.3 is 5.11 Å². The first-order valence-electron chi connectivity index (χ1n) is 6.19. The third-order valence-electron chi connectivity index (χ3n) is 3.68. The van der Waals surface area contributed by atoms with Crippen molar-refractivity contribution < 1.29 is 18.3 Å². The summed E-state index contributed by atoms with van der Waals surface area (Å²) in [6.45, 7) is 1.54. The molecule has 1 atom stereocenters. The minimum Gasteiger partial charge on any atom is -0.480 e. The van der Waals surface area contributed by atoms with Crippen LogP contribution in [0.3, 0.4) is 0 Å². The summed E-state index contributed by atoms with van der Waals surface area (Å²) in [5, 5.41) is 18.1. The standard InChI is InChI=1S/C13H13ClN2O4S/c1-13(12(17)18)5-2-6-16(13)21(19,20)10-4-3-9(8-15)11(14)7-10/h3-4,7H,2,5-6H2,1H3,(H,17,18). The summed E-state index contributed by atoms with van der Waals surface area (Å²) >= 11 is 5.85. The van der Waals surface area contributed by atoms with Crippen LogP contribution in [0.2, 0.25) is 5.02 Å². The maximum atomic E-state index is 12.6. The number of aliphatic carboxylic acids is 1. The number of carboxylic acid groups (broad SMARTS) is 1. The molecule has 0 saturated carbocycles. The lowest BCUT2D eigenvalue weighted by atomic mass is 10.0. The highest BCUT2D eigenvalue weighted by Gasteiger charge is 2.49. The van der Waals surface area contributed by atoms with Crippen molar-refractivity contribution in [1.82, 2.24) is 4.31 Å². The number of halogens is 1. The molecule has 0 aliphatic carbocycles. The molecule has 2 rings (SSSR count). The van der Waals surface area contributed by atoms with Crippen molar-refractivity contribution in [3.8, 4) is 6.07 Å². The Morgan fingerprint density at radius 3 is 2.71 bits per heavy atom. The molecule has 1 aliphatic rings. The lowest BCUT2D eigenvalue weighted by Crippen LogP contribution is -2.50. The van der Waals surface area contributed by atoms with Crippen LogP contribution in [0.4, 0.5) is 0 Å². The fourth-order valence-electron chi connectivity index (χ4n) is 2.41. The number of hydrogen-bond acceptors (Lipinski definition) is 4. The van der Waals surface area contributed by atoms with Gasteiger partial charge in [-0.15, -0.1) is 0 Å². The molecule has 1 aromatic carbocycles. The molecule has 1 saturated heterocycles. The van der Waals surface area contributed by atoms with Crippen LogP contribution in [0.25, 0.3) is 0 Å². The minimum atomic E-state index is -3.98. The Morgan fingerprint density at radius 1 is 1.52 bits per heavy atom. The summed E-state index contributed by atoms with van der Waals surface area (Å²) in [6, 6.07) is 5.59. The van der Waals surface area contributed by atoms with Gasteiger partial charge in [0.1, 0.15) is 11.6 Å². The second-order valence-electron chi connectivity index (χ2n) is 5.01. The molecular weight excluding hydrogens is 316 g/mol. The Morgan fingerprint density at radius 2 is 2.19 bits per heavy atom. The molecule has 0 radical (unpaired) electrons. The predicted octanol–water partition coefficient (Wildman–Crippen LogP) is 1.84. The highest BCUT2D eigenvalue weighted by Crippen LogP contribution is 2.35. The summed E-state index contributed by atoms with van der Waals surface area (Å²) in [4.78, 5) is 11.3. The van der Waals surface area contributed by atoms with Crippen molar-refractivity contribution in [3.05, 3.63) is 28.8 Å². The van der Waals surface area contributed by atoms with E-state index in [4.69, 9.17) is 16.9 Å². The topological polar surface area (TPSA) is 98.5 Å². The van der Waals surface area contributed by atoms with E-state index in [1.165, 1.54) is 25.1 Å². The molecule has 8 heteroatoms. The fraction of sp³-hybridized carbons (Fsp3) is 0.385. The van der Waals surface area contributed by atoms with Crippen LogP contribution >= 0.6 is 11.6 Å². The molecule has 112 valence electrons. The summed E-state index contributed by atoms with van der Waals surface area (Å²) in [6.07, 6.45) is 0.734. The van der Waals surface area contributed by atoms with Crippen molar-refractivity contribution in [2.75, 3.05) is 6.54 Å². The van der Waals surface area contributed by atoms with Crippen LogP contribution in [0.5, 0.6) is 0 Å². The first-order chi connectivity index (χ1) is 9.73. The van der Waals surface area contributed by atoms with Gasteiger partial charge in [-0.25, -0.2) is 8.42 Å². The lowest BCUT2D eigenvalue weighted by Gasteiger charge is -2.30. The Hall–Kier alpha value is -1.62. The van der Waals surface area contributed by atoms with Crippen molar-refractivity contribution in [3.63, 3.8) is 0 Å². The molecule has 1 fully saturated rings. The minimum absolute atomic E-state index is 0.0230. The highest BCUT2D eigenvalue weighted by atomic mass is 35.5. The van der Waals surface area contributed by atoms with Gasteiger partial charge in [0.25, 0.3) is 0 Å². The van der Waals surface area contributed by atoms with E-state index in [9.17, 15) is 18.3 Å². The van der Waals surface area contributed by atoms with E-state index in [1.807, 2.05) is 6.07 Å². The molecular formula is C13H13ClN2O4S. The van der Waals surface area contributed by atoms with Crippen molar-refractivity contribution in [2.45, 2.75) is 30.2 Å². The largest absolute Gasteiger partial charge is 0.480 e. The maximum absolute atomic E-state index is 12.6. The van der Waals surface area contributed by atoms with Crippen LogP contribution < -0.4 is 0 Å². The van der Waals surface area contributed by atoms with Gasteiger partial charge in [-0.1, -0.05) is 11.6 Å². The SMILES string of the molecule is CC1(C(=O)O)CCCN1S(=O)(=O)c1ccc(C#N)c(Cl)c1. The average molecular weight is 329 g/mol. The molecule has 21 heavy (non-hydrogen) atoms. The van der Waals surface area contributed by atoms with E-state index >= 15 is 0 Å². The smallest absolute Gasteiger partial charge is 0.324 e. The quantitative estimate of drug-likeness (QED) is 0.912. The van der Waals surface area contributed by atoms with E-state index in [-0.39, 0.29) is 28.4 Å². The number of carboxylic acids is 1. The maximum Gasteiger partial charge on any atom is 0.324 e. The van der Waals surface area contributed by atoms with E-state index in [0.29, 0.717) is 6.42 Å². The monoisotopic (exact) mass is 328 g/mol. The van der Waals surface area contributed by atoms with Gasteiger partial charge in [-0.2, -0.15) is 9.57 Å². The third-order valence-corrected chi connectivity index (χ3v) is 6.01. The van der Waals surface area contributed by atoms with Crippen molar-refractivity contribution in [2.24, 2.45) is 0 Å². The second kappa shape index (κ2) is 5.30. The lowest BCUT2D eigenvalue weighted by molar-refractivity contribution is -0.146. The van der Waals surface area contributed by atoms with Crippen LogP contribution in [-0.2, 0) is 14.8 Å². The van der Waals surface area contributed by atoms with E-state index in [2.05, 4.69) is 0 Å². The summed E-state index contributed by atoms with van der Waals surface area (Å²) in [7, 11) is -3.98. The first kappa shape index (κ1) is 15.8. The summed E-state index contributed by atoms with van der Waals surface area (Å²) < 4.78 is 26.2. The number of carbonyl (C=O) groups is 1.